The van der Waals surface area contributed by atoms with Crippen molar-refractivity contribution in [2.75, 3.05) is 19.5 Å². The molecule has 4 heteroatoms. The Morgan fingerprint density at radius 1 is 1.20 bits per heavy atom. The highest BCUT2D eigenvalue weighted by atomic mass is 16.5. The number of fused-ring (bicyclic) bond motifs is 2. The van der Waals surface area contributed by atoms with Crippen molar-refractivity contribution < 1.29 is 14.3 Å². The van der Waals surface area contributed by atoms with Gasteiger partial charge >= 0.3 is 0 Å². The molecule has 1 fully saturated rings. The SMILES string of the molecule is COc1ccc(OC)c(NC(=O)C2CC3C=CC2C3)c1. The number of ether oxygens (including phenoxy) is 2. The zero-order chi connectivity index (χ0) is 14.1. The molecule has 0 heterocycles. The molecule has 3 rings (SSSR count). The summed E-state index contributed by atoms with van der Waals surface area (Å²) in [6, 6.07) is 5.41. The summed E-state index contributed by atoms with van der Waals surface area (Å²) in [6.07, 6.45) is 6.49. The van der Waals surface area contributed by atoms with Gasteiger partial charge in [0.2, 0.25) is 5.91 Å². The van der Waals surface area contributed by atoms with Crippen molar-refractivity contribution in [3.05, 3.63) is 30.4 Å². The number of rotatable bonds is 4. The number of anilines is 1. The molecule has 1 aromatic carbocycles. The lowest BCUT2D eigenvalue weighted by molar-refractivity contribution is -0.120. The Morgan fingerprint density at radius 2 is 2.05 bits per heavy atom. The third-order valence-electron chi connectivity index (χ3n) is 4.28. The molecule has 1 N–H and O–H groups in total. The molecule has 20 heavy (non-hydrogen) atoms. The third kappa shape index (κ3) is 2.26. The molecule has 1 aromatic rings. The summed E-state index contributed by atoms with van der Waals surface area (Å²) in [5.41, 5.74) is 0.670. The van der Waals surface area contributed by atoms with Crippen molar-refractivity contribution in [2.24, 2.45) is 17.8 Å². The smallest absolute Gasteiger partial charge is 0.228 e. The summed E-state index contributed by atoms with van der Waals surface area (Å²) in [5, 5.41) is 2.99. The van der Waals surface area contributed by atoms with E-state index in [1.54, 1.807) is 26.4 Å². The van der Waals surface area contributed by atoms with E-state index in [4.69, 9.17) is 9.47 Å². The number of benzene rings is 1. The van der Waals surface area contributed by atoms with Crippen LogP contribution in [0.3, 0.4) is 0 Å². The standard InChI is InChI=1S/C16H19NO3/c1-19-12-5-6-15(20-2)14(9-12)17-16(18)13-8-10-3-4-11(13)7-10/h3-6,9-11,13H,7-8H2,1-2H3,(H,17,18). The number of hydrogen-bond donors (Lipinski definition) is 1. The van der Waals surface area contributed by atoms with Crippen LogP contribution in [0.1, 0.15) is 12.8 Å². The van der Waals surface area contributed by atoms with Gasteiger partial charge in [0, 0.05) is 12.0 Å². The van der Waals surface area contributed by atoms with Crippen molar-refractivity contribution in [3.8, 4) is 11.5 Å². The molecule has 1 saturated carbocycles. The zero-order valence-electron chi connectivity index (χ0n) is 11.8. The topological polar surface area (TPSA) is 47.6 Å². The fourth-order valence-electron chi connectivity index (χ4n) is 3.22. The quantitative estimate of drug-likeness (QED) is 0.858. The van der Waals surface area contributed by atoms with E-state index in [1.165, 1.54) is 0 Å². The van der Waals surface area contributed by atoms with Crippen LogP contribution in [0.5, 0.6) is 11.5 Å². The van der Waals surface area contributed by atoms with Crippen LogP contribution in [0.2, 0.25) is 0 Å². The summed E-state index contributed by atoms with van der Waals surface area (Å²) in [4.78, 5) is 12.4. The number of nitrogens with one attached hydrogen (secondary N) is 1. The first-order valence-corrected chi connectivity index (χ1v) is 6.92. The average molecular weight is 273 g/mol. The molecule has 3 atom stereocenters. The van der Waals surface area contributed by atoms with Gasteiger partial charge in [0.25, 0.3) is 0 Å². The van der Waals surface area contributed by atoms with Crippen LogP contribution in [0.15, 0.2) is 30.4 Å². The number of methoxy groups -OCH3 is 2. The van der Waals surface area contributed by atoms with Crippen LogP contribution in [0.25, 0.3) is 0 Å². The Kier molecular flexibility index (Phi) is 3.38. The summed E-state index contributed by atoms with van der Waals surface area (Å²) in [6.45, 7) is 0. The van der Waals surface area contributed by atoms with Crippen LogP contribution >= 0.6 is 0 Å². The molecule has 2 bridgehead atoms. The van der Waals surface area contributed by atoms with E-state index in [1.807, 2.05) is 6.07 Å². The van der Waals surface area contributed by atoms with Crippen LogP contribution in [0, 0.1) is 17.8 Å². The van der Waals surface area contributed by atoms with Gasteiger partial charge in [-0.15, -0.1) is 0 Å². The molecule has 3 unspecified atom stereocenters. The van der Waals surface area contributed by atoms with E-state index in [2.05, 4.69) is 17.5 Å². The monoisotopic (exact) mass is 273 g/mol. The van der Waals surface area contributed by atoms with Crippen LogP contribution in [-0.4, -0.2) is 20.1 Å². The number of allylic oxidation sites excluding steroid dienone is 2. The van der Waals surface area contributed by atoms with E-state index in [0.29, 0.717) is 29.0 Å². The van der Waals surface area contributed by atoms with Crippen molar-refractivity contribution in [1.82, 2.24) is 0 Å². The average Bonchev–Trinajstić information content (AvgIpc) is 3.09. The second-order valence-electron chi connectivity index (χ2n) is 5.44. The fourth-order valence-corrected chi connectivity index (χ4v) is 3.22. The first-order chi connectivity index (χ1) is 9.71. The maximum atomic E-state index is 12.4. The molecule has 0 radical (unpaired) electrons. The maximum absolute atomic E-state index is 12.4. The fraction of sp³-hybridized carbons (Fsp3) is 0.438. The molecular weight excluding hydrogens is 254 g/mol. The van der Waals surface area contributed by atoms with Gasteiger partial charge in [-0.2, -0.15) is 0 Å². The first-order valence-electron chi connectivity index (χ1n) is 6.92. The molecule has 1 amide bonds. The molecule has 0 aliphatic heterocycles. The van der Waals surface area contributed by atoms with Gasteiger partial charge in [0.1, 0.15) is 11.5 Å². The van der Waals surface area contributed by atoms with Gasteiger partial charge in [-0.05, 0) is 36.8 Å². The van der Waals surface area contributed by atoms with Crippen molar-refractivity contribution >= 4 is 11.6 Å². The highest BCUT2D eigenvalue weighted by Gasteiger charge is 2.39. The predicted octanol–water partition coefficient (Wildman–Crippen LogP) is 2.85. The molecule has 2 aliphatic carbocycles. The number of hydrogen-bond acceptors (Lipinski definition) is 3. The van der Waals surface area contributed by atoms with Gasteiger partial charge in [0.05, 0.1) is 19.9 Å². The minimum absolute atomic E-state index is 0.0772. The minimum atomic E-state index is 0.0772. The van der Waals surface area contributed by atoms with E-state index >= 15 is 0 Å². The van der Waals surface area contributed by atoms with E-state index in [-0.39, 0.29) is 11.8 Å². The number of amides is 1. The van der Waals surface area contributed by atoms with Crippen LogP contribution in [0.4, 0.5) is 5.69 Å². The molecule has 4 nitrogen and oxygen atoms in total. The van der Waals surface area contributed by atoms with E-state index in [0.717, 1.165) is 12.8 Å². The lowest BCUT2D eigenvalue weighted by Crippen LogP contribution is -2.26. The summed E-state index contributed by atoms with van der Waals surface area (Å²) in [7, 11) is 3.20. The molecule has 106 valence electrons. The number of carbonyl (C=O) groups is 1. The van der Waals surface area contributed by atoms with Gasteiger partial charge in [0.15, 0.2) is 0 Å². The van der Waals surface area contributed by atoms with Gasteiger partial charge in [-0.25, -0.2) is 0 Å². The molecule has 0 saturated heterocycles. The third-order valence-corrected chi connectivity index (χ3v) is 4.28. The van der Waals surface area contributed by atoms with Crippen LogP contribution < -0.4 is 14.8 Å². The van der Waals surface area contributed by atoms with Gasteiger partial charge in [-0.3, -0.25) is 4.79 Å². The molecular formula is C16H19NO3. The van der Waals surface area contributed by atoms with Crippen molar-refractivity contribution in [1.29, 1.82) is 0 Å². The highest BCUT2D eigenvalue weighted by molar-refractivity contribution is 5.94. The van der Waals surface area contributed by atoms with E-state index < -0.39 is 0 Å². The second kappa shape index (κ2) is 5.19. The Balaban J connectivity index is 1.77. The van der Waals surface area contributed by atoms with Crippen LogP contribution in [-0.2, 0) is 4.79 Å². The van der Waals surface area contributed by atoms with E-state index in [9.17, 15) is 4.79 Å². The second-order valence-corrected chi connectivity index (χ2v) is 5.44. The summed E-state index contributed by atoms with van der Waals surface area (Å²) >= 11 is 0. The Bertz CT molecular complexity index is 553. The molecule has 0 aromatic heterocycles. The lowest BCUT2D eigenvalue weighted by Gasteiger charge is -2.19. The molecule has 0 spiro atoms. The molecule has 2 aliphatic rings. The normalized spacial score (nSPS) is 26.6. The summed E-state index contributed by atoms with van der Waals surface area (Å²) in [5.74, 6) is 2.50. The van der Waals surface area contributed by atoms with Crippen molar-refractivity contribution in [3.63, 3.8) is 0 Å². The maximum Gasteiger partial charge on any atom is 0.228 e. The van der Waals surface area contributed by atoms with Gasteiger partial charge < -0.3 is 14.8 Å². The summed E-state index contributed by atoms with van der Waals surface area (Å²) < 4.78 is 10.5. The largest absolute Gasteiger partial charge is 0.497 e. The predicted molar refractivity (Wildman–Crippen MR) is 77.0 cm³/mol. The van der Waals surface area contributed by atoms with Gasteiger partial charge in [-0.1, -0.05) is 12.2 Å². The van der Waals surface area contributed by atoms with Crippen molar-refractivity contribution in [2.45, 2.75) is 12.8 Å². The lowest BCUT2D eigenvalue weighted by atomic mass is 9.93. The first kappa shape index (κ1) is 13.0. The minimum Gasteiger partial charge on any atom is -0.497 e. The Labute approximate surface area is 118 Å². The highest BCUT2D eigenvalue weighted by Crippen LogP contribution is 2.44. The number of carbonyl (C=O) groups excluding carboxylic acids is 1. The Morgan fingerprint density at radius 3 is 2.65 bits per heavy atom. The Hall–Kier alpha value is -1.97. The zero-order valence-corrected chi connectivity index (χ0v) is 11.8.